The van der Waals surface area contributed by atoms with E-state index < -0.39 is 0 Å². The maximum atomic E-state index is 12.7. The van der Waals surface area contributed by atoms with Crippen LogP contribution in [0, 0.1) is 0 Å². The molecule has 1 aromatic heterocycles. The van der Waals surface area contributed by atoms with E-state index in [1.54, 1.807) is 4.57 Å². The molecular formula is C20H19NO. The molecule has 110 valence electrons. The molecule has 3 aromatic rings. The molecule has 0 spiro atoms. The molecule has 0 aliphatic carbocycles. The number of nitrogens with zero attached hydrogens (tertiary/aromatic N) is 1. The van der Waals surface area contributed by atoms with Crippen LogP contribution in [0.1, 0.15) is 25.3 Å². The molecule has 3 rings (SSSR count). The van der Waals surface area contributed by atoms with E-state index in [4.69, 9.17) is 0 Å². The maximum Gasteiger partial charge on any atom is 0.262 e. The van der Waals surface area contributed by atoms with Crippen LogP contribution in [0.2, 0.25) is 0 Å². The van der Waals surface area contributed by atoms with Crippen molar-refractivity contribution in [3.8, 4) is 5.69 Å². The lowest BCUT2D eigenvalue weighted by atomic mass is 10.1. The van der Waals surface area contributed by atoms with Crippen molar-refractivity contribution in [1.29, 1.82) is 0 Å². The van der Waals surface area contributed by atoms with Crippen molar-refractivity contribution in [2.45, 2.75) is 19.8 Å². The van der Waals surface area contributed by atoms with E-state index in [0.29, 0.717) is 0 Å². The summed E-state index contributed by atoms with van der Waals surface area (Å²) in [4.78, 5) is 12.7. The summed E-state index contributed by atoms with van der Waals surface area (Å²) in [5.74, 6) is 0. The lowest BCUT2D eigenvalue weighted by Crippen LogP contribution is -2.18. The van der Waals surface area contributed by atoms with Gasteiger partial charge in [0.05, 0.1) is 0 Å². The largest absolute Gasteiger partial charge is 0.283 e. The number of hydrogen-bond donors (Lipinski definition) is 0. The Morgan fingerprint density at radius 2 is 1.64 bits per heavy atom. The highest BCUT2D eigenvalue weighted by atomic mass is 16.1. The lowest BCUT2D eigenvalue weighted by molar-refractivity contribution is 0.961. The number of benzene rings is 2. The molecule has 0 radical (unpaired) electrons. The highest BCUT2D eigenvalue weighted by Crippen LogP contribution is 2.19. The third-order valence-electron chi connectivity index (χ3n) is 3.74. The third kappa shape index (κ3) is 2.73. The molecule has 1 heterocycles. The molecule has 2 heteroatoms. The van der Waals surface area contributed by atoms with Crippen molar-refractivity contribution in [3.63, 3.8) is 0 Å². The standard InChI is InChI=1S/C20H19NO/c1-2-3-5-10-16-15-21(17-11-6-4-7-12-17)20(22)19-14-9-8-13-18(16)19/h4-15H,2-3H2,1H3/b10-5+. The number of unbranched alkanes of at least 4 members (excludes halogenated alkanes) is 1. The Morgan fingerprint density at radius 1 is 0.955 bits per heavy atom. The summed E-state index contributed by atoms with van der Waals surface area (Å²) in [6.07, 6.45) is 8.38. The summed E-state index contributed by atoms with van der Waals surface area (Å²) < 4.78 is 1.73. The molecule has 0 bridgehead atoms. The molecular weight excluding hydrogens is 270 g/mol. The second-order valence-electron chi connectivity index (χ2n) is 5.33. The Balaban J connectivity index is 2.26. The van der Waals surface area contributed by atoms with Gasteiger partial charge in [0.15, 0.2) is 0 Å². The van der Waals surface area contributed by atoms with Crippen molar-refractivity contribution < 1.29 is 0 Å². The SMILES string of the molecule is CCC/C=C/c1cn(-c2ccccc2)c(=O)c2ccccc12. The highest BCUT2D eigenvalue weighted by Gasteiger charge is 2.07. The number of allylic oxidation sites excluding steroid dienone is 1. The fourth-order valence-electron chi connectivity index (χ4n) is 2.61. The lowest BCUT2D eigenvalue weighted by Gasteiger charge is -2.10. The van der Waals surface area contributed by atoms with E-state index in [1.807, 2.05) is 60.8 Å². The fraction of sp³-hybridized carbons (Fsp3) is 0.150. The molecule has 0 amide bonds. The van der Waals surface area contributed by atoms with Crippen LogP contribution in [-0.4, -0.2) is 4.57 Å². The molecule has 2 aromatic carbocycles. The van der Waals surface area contributed by atoms with Crippen molar-refractivity contribution in [1.82, 2.24) is 4.57 Å². The summed E-state index contributed by atoms with van der Waals surface area (Å²) in [5.41, 5.74) is 1.99. The first kappa shape index (κ1) is 14.3. The zero-order chi connectivity index (χ0) is 15.4. The maximum absolute atomic E-state index is 12.7. The van der Waals surface area contributed by atoms with E-state index >= 15 is 0 Å². The minimum Gasteiger partial charge on any atom is -0.283 e. The first-order chi connectivity index (χ1) is 10.8. The Morgan fingerprint density at radius 3 is 2.36 bits per heavy atom. The van der Waals surface area contributed by atoms with Crippen molar-refractivity contribution in [2.75, 3.05) is 0 Å². The normalized spacial score (nSPS) is 11.3. The number of aromatic nitrogens is 1. The van der Waals surface area contributed by atoms with Gasteiger partial charge in [0.25, 0.3) is 5.56 Å². The zero-order valence-electron chi connectivity index (χ0n) is 12.7. The van der Waals surface area contributed by atoms with Gasteiger partial charge in [-0.3, -0.25) is 9.36 Å². The summed E-state index contributed by atoms with van der Waals surface area (Å²) in [5, 5.41) is 1.76. The van der Waals surface area contributed by atoms with Crippen LogP contribution >= 0.6 is 0 Å². The highest BCUT2D eigenvalue weighted by molar-refractivity contribution is 5.89. The number of hydrogen-bond acceptors (Lipinski definition) is 1. The summed E-state index contributed by atoms with van der Waals surface area (Å²) in [7, 11) is 0. The van der Waals surface area contributed by atoms with Gasteiger partial charge in [-0.25, -0.2) is 0 Å². The van der Waals surface area contributed by atoms with E-state index in [2.05, 4.69) is 19.1 Å². The monoisotopic (exact) mass is 289 g/mol. The molecule has 0 unspecified atom stereocenters. The summed E-state index contributed by atoms with van der Waals surface area (Å²) >= 11 is 0. The Labute approximate surface area is 130 Å². The average molecular weight is 289 g/mol. The van der Waals surface area contributed by atoms with Crippen LogP contribution in [0.4, 0.5) is 0 Å². The van der Waals surface area contributed by atoms with Crippen LogP contribution < -0.4 is 5.56 Å². The molecule has 2 nitrogen and oxygen atoms in total. The second kappa shape index (κ2) is 6.44. The molecule has 0 saturated carbocycles. The van der Waals surface area contributed by atoms with Gasteiger partial charge >= 0.3 is 0 Å². The van der Waals surface area contributed by atoms with E-state index in [9.17, 15) is 4.79 Å². The van der Waals surface area contributed by atoms with E-state index in [0.717, 1.165) is 34.9 Å². The predicted molar refractivity (Wildman–Crippen MR) is 93.5 cm³/mol. The number of pyridine rings is 1. The van der Waals surface area contributed by atoms with Crippen molar-refractivity contribution in [2.24, 2.45) is 0 Å². The van der Waals surface area contributed by atoms with Gasteiger partial charge in [0.1, 0.15) is 0 Å². The van der Waals surface area contributed by atoms with Crippen molar-refractivity contribution in [3.05, 3.63) is 82.8 Å². The average Bonchev–Trinajstić information content (AvgIpc) is 2.58. The minimum absolute atomic E-state index is 0.0226. The van der Waals surface area contributed by atoms with Crippen LogP contribution in [0.5, 0.6) is 0 Å². The van der Waals surface area contributed by atoms with Crippen LogP contribution in [0.15, 0.2) is 71.7 Å². The quantitative estimate of drug-likeness (QED) is 0.676. The van der Waals surface area contributed by atoms with Gasteiger partial charge in [0, 0.05) is 17.3 Å². The van der Waals surface area contributed by atoms with Gasteiger partial charge in [-0.15, -0.1) is 0 Å². The fourth-order valence-corrected chi connectivity index (χ4v) is 2.61. The number of fused-ring (bicyclic) bond motifs is 1. The van der Waals surface area contributed by atoms with Gasteiger partial charge < -0.3 is 0 Å². The topological polar surface area (TPSA) is 22.0 Å². The van der Waals surface area contributed by atoms with Gasteiger partial charge in [-0.1, -0.05) is 61.9 Å². The molecule has 0 atom stereocenters. The summed E-state index contributed by atoms with van der Waals surface area (Å²) in [6, 6.07) is 17.6. The Kier molecular flexibility index (Phi) is 4.19. The molecule has 0 aliphatic rings. The smallest absolute Gasteiger partial charge is 0.262 e. The summed E-state index contributed by atoms with van der Waals surface area (Å²) in [6.45, 7) is 2.16. The Hall–Kier alpha value is -2.61. The van der Waals surface area contributed by atoms with Gasteiger partial charge in [0.2, 0.25) is 0 Å². The number of para-hydroxylation sites is 1. The zero-order valence-corrected chi connectivity index (χ0v) is 12.7. The van der Waals surface area contributed by atoms with E-state index in [1.165, 1.54) is 0 Å². The Bertz CT molecular complexity index is 860. The molecule has 0 saturated heterocycles. The molecule has 0 aliphatic heterocycles. The molecule has 22 heavy (non-hydrogen) atoms. The molecule has 0 N–H and O–H groups in total. The van der Waals surface area contributed by atoms with Crippen LogP contribution in [0.25, 0.3) is 22.5 Å². The van der Waals surface area contributed by atoms with E-state index in [-0.39, 0.29) is 5.56 Å². The molecule has 0 fully saturated rings. The van der Waals surface area contributed by atoms with Gasteiger partial charge in [-0.2, -0.15) is 0 Å². The van der Waals surface area contributed by atoms with Crippen LogP contribution in [0.3, 0.4) is 0 Å². The third-order valence-corrected chi connectivity index (χ3v) is 3.74. The minimum atomic E-state index is 0.0226. The number of rotatable bonds is 4. The first-order valence-electron chi connectivity index (χ1n) is 7.67. The predicted octanol–water partition coefficient (Wildman–Crippen LogP) is 4.80. The first-order valence-corrected chi connectivity index (χ1v) is 7.67. The second-order valence-corrected chi connectivity index (χ2v) is 5.33. The van der Waals surface area contributed by atoms with Gasteiger partial charge in [-0.05, 0) is 35.6 Å². The van der Waals surface area contributed by atoms with Crippen LogP contribution in [-0.2, 0) is 0 Å². The van der Waals surface area contributed by atoms with Crippen molar-refractivity contribution >= 4 is 16.8 Å².